The van der Waals surface area contributed by atoms with Crippen LogP contribution in [0.1, 0.15) is 16.5 Å². The molecule has 0 bridgehead atoms. The molecule has 19 heavy (non-hydrogen) atoms. The fraction of sp³-hybridized carbons (Fsp3) is 0.231. The molecule has 0 spiro atoms. The molecule has 0 unspecified atom stereocenters. The van der Waals surface area contributed by atoms with Gasteiger partial charge in [-0.05, 0) is 24.6 Å². The van der Waals surface area contributed by atoms with Crippen molar-refractivity contribution in [3.8, 4) is 5.75 Å². The molecular weight excluding hydrogens is 264 g/mol. The van der Waals surface area contributed by atoms with Crippen molar-refractivity contribution in [1.82, 2.24) is 4.98 Å². The summed E-state index contributed by atoms with van der Waals surface area (Å²) in [6.07, 6.45) is 0.440. The molecule has 1 amide bonds. The normalized spacial score (nSPS) is 11.9. The largest absolute Gasteiger partial charge is 0.497 e. The summed E-state index contributed by atoms with van der Waals surface area (Å²) in [4.78, 5) is 16.9. The molecule has 1 aromatic heterocycles. The first-order valence-electron chi connectivity index (χ1n) is 5.65. The number of amides is 1. The highest BCUT2D eigenvalue weighted by Gasteiger charge is 2.18. The lowest BCUT2D eigenvalue weighted by molar-refractivity contribution is -0.124. The number of methoxy groups -OCH3 is 1. The monoisotopic (exact) mass is 278 g/mol. The van der Waals surface area contributed by atoms with Gasteiger partial charge >= 0.3 is 0 Å². The van der Waals surface area contributed by atoms with Crippen LogP contribution in [0.4, 0.5) is 5.13 Å². The molecule has 2 rings (SSSR count). The first-order valence-corrected chi connectivity index (χ1v) is 6.47. The van der Waals surface area contributed by atoms with Crippen molar-refractivity contribution in [3.05, 3.63) is 40.9 Å². The Labute approximate surface area is 114 Å². The van der Waals surface area contributed by atoms with Crippen LogP contribution >= 0.6 is 11.3 Å². The van der Waals surface area contributed by atoms with Crippen molar-refractivity contribution in [3.63, 3.8) is 0 Å². The van der Waals surface area contributed by atoms with E-state index < -0.39 is 12.0 Å². The average Bonchev–Trinajstić information content (AvgIpc) is 2.83. The Morgan fingerprint density at radius 2 is 2.11 bits per heavy atom. The third-order valence-electron chi connectivity index (χ3n) is 2.53. The molecule has 6 heteroatoms. The van der Waals surface area contributed by atoms with E-state index >= 15 is 0 Å². The smallest absolute Gasteiger partial charge is 0.259 e. The van der Waals surface area contributed by atoms with Crippen molar-refractivity contribution in [2.45, 2.75) is 13.0 Å². The minimum absolute atomic E-state index is 0.482. The van der Waals surface area contributed by atoms with Gasteiger partial charge in [-0.25, -0.2) is 4.98 Å². The third-order valence-corrected chi connectivity index (χ3v) is 3.36. The summed E-state index contributed by atoms with van der Waals surface area (Å²) in [5.41, 5.74) is 0.506. The van der Waals surface area contributed by atoms with Crippen molar-refractivity contribution in [2.75, 3.05) is 12.4 Å². The van der Waals surface area contributed by atoms with Gasteiger partial charge in [0.2, 0.25) is 0 Å². The molecule has 0 saturated carbocycles. The van der Waals surface area contributed by atoms with Crippen LogP contribution < -0.4 is 10.1 Å². The van der Waals surface area contributed by atoms with Gasteiger partial charge in [0.05, 0.1) is 7.11 Å². The van der Waals surface area contributed by atoms with Crippen LogP contribution in [0.25, 0.3) is 0 Å². The molecule has 2 N–H and O–H groups in total. The maximum Gasteiger partial charge on any atom is 0.259 e. The maximum atomic E-state index is 11.9. The SMILES string of the molecule is COc1ccc([C@@H](O)C(=O)Nc2ncc(C)s2)cc1. The number of aryl methyl sites for hydroxylation is 1. The van der Waals surface area contributed by atoms with Gasteiger partial charge in [0, 0.05) is 11.1 Å². The van der Waals surface area contributed by atoms with Crippen LogP contribution in [0, 0.1) is 6.92 Å². The van der Waals surface area contributed by atoms with E-state index in [1.54, 1.807) is 37.6 Å². The van der Waals surface area contributed by atoms with Crippen LogP contribution in [-0.2, 0) is 4.79 Å². The van der Waals surface area contributed by atoms with E-state index in [0.29, 0.717) is 16.4 Å². The van der Waals surface area contributed by atoms with Crippen LogP contribution in [0.2, 0.25) is 0 Å². The van der Waals surface area contributed by atoms with Crippen molar-refractivity contribution in [1.29, 1.82) is 0 Å². The number of aliphatic hydroxyl groups is 1. The molecule has 0 radical (unpaired) electrons. The Balaban J connectivity index is 2.05. The minimum Gasteiger partial charge on any atom is -0.497 e. The second-order valence-electron chi connectivity index (χ2n) is 3.94. The molecule has 0 saturated heterocycles. The predicted octanol–water partition coefficient (Wildman–Crippen LogP) is 2.13. The van der Waals surface area contributed by atoms with Crippen LogP contribution in [0.5, 0.6) is 5.75 Å². The van der Waals surface area contributed by atoms with Gasteiger partial charge in [0.1, 0.15) is 5.75 Å². The number of thiazole rings is 1. The molecule has 1 atom stereocenters. The minimum atomic E-state index is -1.23. The highest BCUT2D eigenvalue weighted by molar-refractivity contribution is 7.15. The summed E-state index contributed by atoms with van der Waals surface area (Å²) in [5.74, 6) is 0.173. The highest BCUT2D eigenvalue weighted by Crippen LogP contribution is 2.21. The second kappa shape index (κ2) is 5.81. The second-order valence-corrected chi connectivity index (χ2v) is 5.18. The van der Waals surface area contributed by atoms with Crippen molar-refractivity contribution in [2.24, 2.45) is 0 Å². The van der Waals surface area contributed by atoms with Gasteiger partial charge in [-0.15, -0.1) is 11.3 Å². The highest BCUT2D eigenvalue weighted by atomic mass is 32.1. The Morgan fingerprint density at radius 3 is 2.63 bits per heavy atom. The summed E-state index contributed by atoms with van der Waals surface area (Å²) in [5, 5.41) is 13.0. The predicted molar refractivity (Wildman–Crippen MR) is 73.4 cm³/mol. The lowest BCUT2D eigenvalue weighted by Gasteiger charge is -2.10. The zero-order valence-electron chi connectivity index (χ0n) is 10.6. The number of carbonyl (C=O) groups excluding carboxylic acids is 1. The fourth-order valence-corrected chi connectivity index (χ4v) is 2.19. The van der Waals surface area contributed by atoms with Gasteiger partial charge in [-0.1, -0.05) is 12.1 Å². The Morgan fingerprint density at radius 1 is 1.42 bits per heavy atom. The Hall–Kier alpha value is -1.92. The summed E-state index contributed by atoms with van der Waals surface area (Å²) >= 11 is 1.36. The molecular formula is C13H14N2O3S. The van der Waals surface area contributed by atoms with Crippen LogP contribution in [0.3, 0.4) is 0 Å². The number of anilines is 1. The van der Waals surface area contributed by atoms with Gasteiger partial charge in [0.15, 0.2) is 11.2 Å². The Bertz CT molecular complexity index is 566. The fourth-order valence-electron chi connectivity index (χ4n) is 1.52. The first kappa shape index (κ1) is 13.5. The zero-order chi connectivity index (χ0) is 13.8. The average molecular weight is 278 g/mol. The van der Waals surface area contributed by atoms with Crippen LogP contribution in [0.15, 0.2) is 30.5 Å². The van der Waals surface area contributed by atoms with E-state index in [0.717, 1.165) is 4.88 Å². The number of aromatic nitrogens is 1. The van der Waals surface area contributed by atoms with Crippen molar-refractivity contribution < 1.29 is 14.6 Å². The van der Waals surface area contributed by atoms with E-state index in [1.165, 1.54) is 11.3 Å². The lowest BCUT2D eigenvalue weighted by Crippen LogP contribution is -2.20. The summed E-state index contributed by atoms with van der Waals surface area (Å²) in [6.45, 7) is 1.90. The van der Waals surface area contributed by atoms with E-state index in [2.05, 4.69) is 10.3 Å². The number of aliphatic hydroxyl groups excluding tert-OH is 1. The number of rotatable bonds is 4. The number of benzene rings is 1. The number of nitrogens with one attached hydrogen (secondary N) is 1. The third kappa shape index (κ3) is 3.30. The molecule has 1 heterocycles. The van der Waals surface area contributed by atoms with Gasteiger partial charge in [0.25, 0.3) is 5.91 Å². The van der Waals surface area contributed by atoms with E-state index in [9.17, 15) is 9.90 Å². The molecule has 0 aliphatic heterocycles. The summed E-state index contributed by atoms with van der Waals surface area (Å²) in [6, 6.07) is 6.69. The molecule has 2 aromatic rings. The Kier molecular flexibility index (Phi) is 4.13. The van der Waals surface area contributed by atoms with E-state index in [1.807, 2.05) is 6.92 Å². The molecule has 0 aliphatic carbocycles. The molecule has 0 aliphatic rings. The van der Waals surface area contributed by atoms with Crippen molar-refractivity contribution >= 4 is 22.4 Å². The molecule has 100 valence electrons. The van der Waals surface area contributed by atoms with Gasteiger partial charge < -0.3 is 9.84 Å². The summed E-state index contributed by atoms with van der Waals surface area (Å²) < 4.78 is 5.02. The number of nitrogens with zero attached hydrogens (tertiary/aromatic N) is 1. The standard InChI is InChI=1S/C13H14N2O3S/c1-8-7-14-13(19-8)15-12(17)11(16)9-3-5-10(18-2)6-4-9/h3-7,11,16H,1-2H3,(H,14,15,17)/t11-/m1/s1. The molecule has 5 nitrogen and oxygen atoms in total. The quantitative estimate of drug-likeness (QED) is 0.898. The molecule has 1 aromatic carbocycles. The number of hydrogen-bond donors (Lipinski definition) is 2. The van der Waals surface area contributed by atoms with Gasteiger partial charge in [-0.3, -0.25) is 10.1 Å². The number of hydrogen-bond acceptors (Lipinski definition) is 5. The molecule has 0 fully saturated rings. The maximum absolute atomic E-state index is 11.9. The zero-order valence-corrected chi connectivity index (χ0v) is 11.4. The summed E-state index contributed by atoms with van der Waals surface area (Å²) in [7, 11) is 1.56. The van der Waals surface area contributed by atoms with E-state index in [-0.39, 0.29) is 0 Å². The first-order chi connectivity index (χ1) is 9.10. The van der Waals surface area contributed by atoms with Gasteiger partial charge in [-0.2, -0.15) is 0 Å². The number of carbonyl (C=O) groups is 1. The lowest BCUT2D eigenvalue weighted by atomic mass is 10.1. The topological polar surface area (TPSA) is 71.5 Å². The van der Waals surface area contributed by atoms with E-state index in [4.69, 9.17) is 4.74 Å². The number of ether oxygens (including phenoxy) is 1. The van der Waals surface area contributed by atoms with Crippen LogP contribution in [-0.4, -0.2) is 23.1 Å².